The van der Waals surface area contributed by atoms with Gasteiger partial charge < -0.3 is 4.98 Å². The molecule has 1 aromatic carbocycles. The molecule has 0 aliphatic heterocycles. The molecule has 0 spiro atoms. The Kier molecular flexibility index (Phi) is 2.99. The molecule has 1 aromatic heterocycles. The molecule has 1 N–H and O–H groups in total. The zero-order chi connectivity index (χ0) is 13.2. The van der Waals surface area contributed by atoms with Crippen LogP contribution in [-0.2, 0) is 12.8 Å². The van der Waals surface area contributed by atoms with Crippen LogP contribution < -0.4 is 5.56 Å². The van der Waals surface area contributed by atoms with E-state index in [4.69, 9.17) is 0 Å². The van der Waals surface area contributed by atoms with Gasteiger partial charge in [0.25, 0.3) is 5.56 Å². The summed E-state index contributed by atoms with van der Waals surface area (Å²) in [4.78, 5) is 19.0. The molecule has 4 heteroatoms. The van der Waals surface area contributed by atoms with Crippen molar-refractivity contribution in [1.82, 2.24) is 9.97 Å². The standard InChI is InChI=1S/C15H13FN2O/c16-11-7-4-10(5-8-11)6-9-14-17-13-3-1-2-12(13)15(19)18-14/h4-9H,1-3H2,(H,17,18,19)/b9-6+. The molecule has 0 bridgehead atoms. The van der Waals surface area contributed by atoms with E-state index in [9.17, 15) is 9.18 Å². The zero-order valence-electron chi connectivity index (χ0n) is 10.3. The molecule has 1 aliphatic carbocycles. The Labute approximate surface area is 109 Å². The number of benzene rings is 1. The first kappa shape index (κ1) is 11.8. The van der Waals surface area contributed by atoms with Crippen LogP contribution in [0.2, 0.25) is 0 Å². The smallest absolute Gasteiger partial charge is 0.276 e. The van der Waals surface area contributed by atoms with E-state index in [0.717, 1.165) is 36.1 Å². The third-order valence-electron chi connectivity index (χ3n) is 3.28. The predicted molar refractivity (Wildman–Crippen MR) is 72.2 cm³/mol. The topological polar surface area (TPSA) is 45.8 Å². The molecule has 0 fully saturated rings. The zero-order valence-corrected chi connectivity index (χ0v) is 10.3. The van der Waals surface area contributed by atoms with Crippen molar-refractivity contribution in [3.63, 3.8) is 0 Å². The maximum atomic E-state index is 12.8. The highest BCUT2D eigenvalue weighted by atomic mass is 19.1. The fourth-order valence-electron chi connectivity index (χ4n) is 2.31. The van der Waals surface area contributed by atoms with Gasteiger partial charge in [0.1, 0.15) is 11.6 Å². The second kappa shape index (κ2) is 4.80. The number of halogens is 1. The van der Waals surface area contributed by atoms with Crippen LogP contribution in [0, 0.1) is 5.82 Å². The molecule has 0 atom stereocenters. The summed E-state index contributed by atoms with van der Waals surface area (Å²) in [6, 6.07) is 6.16. The SMILES string of the molecule is O=c1nc(/C=C/c2ccc(F)cc2)[nH]c2c1CCC2. The lowest BCUT2D eigenvalue weighted by Crippen LogP contribution is -2.15. The largest absolute Gasteiger partial charge is 0.343 e. The fraction of sp³-hybridized carbons (Fsp3) is 0.200. The van der Waals surface area contributed by atoms with Gasteiger partial charge in [-0.15, -0.1) is 0 Å². The highest BCUT2D eigenvalue weighted by Gasteiger charge is 2.15. The molecular weight excluding hydrogens is 243 g/mol. The van der Waals surface area contributed by atoms with Gasteiger partial charge in [-0.05, 0) is 43.0 Å². The minimum absolute atomic E-state index is 0.134. The minimum atomic E-state index is -0.263. The average molecular weight is 256 g/mol. The normalized spacial score (nSPS) is 13.9. The van der Waals surface area contributed by atoms with Crippen molar-refractivity contribution in [1.29, 1.82) is 0 Å². The second-order valence-electron chi connectivity index (χ2n) is 4.62. The summed E-state index contributed by atoms with van der Waals surface area (Å²) in [5.74, 6) is 0.288. The number of aromatic amines is 1. The summed E-state index contributed by atoms with van der Waals surface area (Å²) in [6.07, 6.45) is 6.28. The van der Waals surface area contributed by atoms with Gasteiger partial charge in [0, 0.05) is 11.3 Å². The van der Waals surface area contributed by atoms with Gasteiger partial charge in [-0.2, -0.15) is 4.98 Å². The van der Waals surface area contributed by atoms with Gasteiger partial charge >= 0.3 is 0 Å². The molecular formula is C15H13FN2O. The number of aryl methyl sites for hydroxylation is 1. The molecule has 0 saturated carbocycles. The van der Waals surface area contributed by atoms with Crippen LogP contribution in [0.3, 0.4) is 0 Å². The quantitative estimate of drug-likeness (QED) is 0.897. The minimum Gasteiger partial charge on any atom is -0.343 e. The first-order valence-electron chi connectivity index (χ1n) is 6.28. The van der Waals surface area contributed by atoms with Gasteiger partial charge in [0.05, 0.1) is 0 Å². The lowest BCUT2D eigenvalue weighted by molar-refractivity contribution is 0.628. The molecule has 19 heavy (non-hydrogen) atoms. The van der Waals surface area contributed by atoms with Crippen molar-refractivity contribution >= 4 is 12.2 Å². The van der Waals surface area contributed by atoms with Gasteiger partial charge in [0.15, 0.2) is 0 Å². The number of hydrogen-bond donors (Lipinski definition) is 1. The van der Waals surface area contributed by atoms with Crippen molar-refractivity contribution < 1.29 is 4.39 Å². The van der Waals surface area contributed by atoms with Crippen molar-refractivity contribution in [3.05, 3.63) is 63.1 Å². The highest BCUT2D eigenvalue weighted by molar-refractivity contribution is 5.66. The van der Waals surface area contributed by atoms with Crippen LogP contribution in [0.4, 0.5) is 4.39 Å². The third kappa shape index (κ3) is 2.47. The predicted octanol–water partition coefficient (Wildman–Crippen LogP) is 2.57. The molecule has 0 amide bonds. The molecule has 0 saturated heterocycles. The first-order chi connectivity index (χ1) is 9.22. The number of H-pyrrole nitrogens is 1. The van der Waals surface area contributed by atoms with Crippen molar-refractivity contribution in [2.75, 3.05) is 0 Å². The number of nitrogens with zero attached hydrogens (tertiary/aromatic N) is 1. The van der Waals surface area contributed by atoms with E-state index in [-0.39, 0.29) is 11.4 Å². The number of rotatable bonds is 2. The Hall–Kier alpha value is -2.23. The van der Waals surface area contributed by atoms with Gasteiger partial charge in [-0.3, -0.25) is 4.79 Å². The van der Waals surface area contributed by atoms with Gasteiger partial charge in [0.2, 0.25) is 0 Å². The molecule has 2 aromatic rings. The van der Waals surface area contributed by atoms with E-state index in [1.807, 2.05) is 0 Å². The number of hydrogen-bond acceptors (Lipinski definition) is 2. The van der Waals surface area contributed by atoms with Crippen LogP contribution in [0.1, 0.15) is 29.1 Å². The van der Waals surface area contributed by atoms with E-state index in [1.54, 1.807) is 24.3 Å². The first-order valence-corrected chi connectivity index (χ1v) is 6.28. The Bertz CT molecular complexity index is 686. The summed E-state index contributed by atoms with van der Waals surface area (Å²) >= 11 is 0. The third-order valence-corrected chi connectivity index (χ3v) is 3.28. The summed E-state index contributed by atoms with van der Waals surface area (Å²) in [6.45, 7) is 0. The Morgan fingerprint density at radius 2 is 1.95 bits per heavy atom. The fourth-order valence-corrected chi connectivity index (χ4v) is 2.31. The number of aromatic nitrogens is 2. The van der Waals surface area contributed by atoms with E-state index >= 15 is 0 Å². The van der Waals surface area contributed by atoms with E-state index in [0.29, 0.717) is 5.82 Å². The molecule has 1 heterocycles. The number of fused-ring (bicyclic) bond motifs is 1. The number of nitrogens with one attached hydrogen (secondary N) is 1. The molecule has 96 valence electrons. The van der Waals surface area contributed by atoms with Gasteiger partial charge in [-0.1, -0.05) is 18.2 Å². The molecule has 0 radical (unpaired) electrons. The lowest BCUT2D eigenvalue weighted by Gasteiger charge is -2.00. The lowest BCUT2D eigenvalue weighted by atomic mass is 10.2. The van der Waals surface area contributed by atoms with E-state index < -0.39 is 0 Å². The monoisotopic (exact) mass is 256 g/mol. The Morgan fingerprint density at radius 1 is 1.16 bits per heavy atom. The van der Waals surface area contributed by atoms with E-state index in [2.05, 4.69) is 9.97 Å². The Morgan fingerprint density at radius 3 is 2.74 bits per heavy atom. The van der Waals surface area contributed by atoms with Crippen molar-refractivity contribution in [3.8, 4) is 0 Å². The van der Waals surface area contributed by atoms with Crippen LogP contribution in [0.15, 0.2) is 29.1 Å². The van der Waals surface area contributed by atoms with Crippen LogP contribution >= 0.6 is 0 Å². The van der Waals surface area contributed by atoms with Crippen LogP contribution in [0.5, 0.6) is 0 Å². The van der Waals surface area contributed by atoms with Crippen molar-refractivity contribution in [2.45, 2.75) is 19.3 Å². The second-order valence-corrected chi connectivity index (χ2v) is 4.62. The summed E-state index contributed by atoms with van der Waals surface area (Å²) in [5, 5.41) is 0. The summed E-state index contributed by atoms with van der Waals surface area (Å²) < 4.78 is 12.8. The molecule has 3 rings (SSSR count). The summed E-state index contributed by atoms with van der Waals surface area (Å²) in [5.41, 5.74) is 2.55. The maximum Gasteiger partial charge on any atom is 0.276 e. The molecule has 0 unspecified atom stereocenters. The average Bonchev–Trinajstić information content (AvgIpc) is 2.87. The van der Waals surface area contributed by atoms with Gasteiger partial charge in [-0.25, -0.2) is 4.39 Å². The Balaban J connectivity index is 1.89. The maximum absolute atomic E-state index is 12.8. The van der Waals surface area contributed by atoms with Crippen molar-refractivity contribution in [2.24, 2.45) is 0 Å². The molecule has 3 nitrogen and oxygen atoms in total. The molecule has 1 aliphatic rings. The highest BCUT2D eigenvalue weighted by Crippen LogP contribution is 2.16. The van der Waals surface area contributed by atoms with E-state index in [1.165, 1.54) is 12.1 Å². The summed E-state index contributed by atoms with van der Waals surface area (Å²) in [7, 11) is 0. The van der Waals surface area contributed by atoms with Crippen LogP contribution in [0.25, 0.3) is 12.2 Å². The van der Waals surface area contributed by atoms with Crippen LogP contribution in [-0.4, -0.2) is 9.97 Å².